The van der Waals surface area contributed by atoms with Gasteiger partial charge >= 0.3 is 0 Å². The molecule has 4 rings (SSSR count). The number of rotatable bonds is 5. The third-order valence-corrected chi connectivity index (χ3v) is 5.70. The molecule has 1 amide bonds. The predicted octanol–water partition coefficient (Wildman–Crippen LogP) is 0.729. The van der Waals surface area contributed by atoms with E-state index >= 15 is 0 Å². The Balaban J connectivity index is 1.72. The number of phenolic OH excluding ortho intramolecular Hbond substituents is 1. The lowest BCUT2D eigenvalue weighted by atomic mass is 9.95. The monoisotopic (exact) mass is 409 g/mol. The second kappa shape index (κ2) is 8.69. The number of carbonyl (C=O) groups is 2. The van der Waals surface area contributed by atoms with Crippen molar-refractivity contribution in [1.29, 1.82) is 0 Å². The van der Waals surface area contributed by atoms with Crippen molar-refractivity contribution in [3.8, 4) is 5.75 Å². The lowest BCUT2D eigenvalue weighted by molar-refractivity contribution is -0.907. The zero-order valence-electron chi connectivity index (χ0n) is 16.6. The van der Waals surface area contributed by atoms with Gasteiger partial charge in [0, 0.05) is 5.56 Å². The lowest BCUT2D eigenvalue weighted by Crippen LogP contribution is -3.14. The van der Waals surface area contributed by atoms with Gasteiger partial charge in [-0.05, 0) is 17.7 Å². The number of ketones is 1. The molecule has 2 fully saturated rings. The quantitative estimate of drug-likeness (QED) is 0.385. The Morgan fingerprint density at radius 3 is 2.37 bits per heavy atom. The highest BCUT2D eigenvalue weighted by Crippen LogP contribution is 2.39. The third-order valence-electron chi connectivity index (χ3n) is 5.70. The minimum absolute atomic E-state index is 0.0777. The van der Waals surface area contributed by atoms with Crippen molar-refractivity contribution in [1.82, 2.24) is 4.90 Å². The number of benzene rings is 2. The standard InChI is InChI=1S/C23H24N2O5/c26-18-8-6-16(7-9-18)20-19(21(27)17-4-2-1-3-5-17)22(28)23(29)25(20)11-10-24-12-14-30-15-13-24/h1-9,20,26-27H,10-15H2/p+1/t20-/m1/s1. The summed E-state index contributed by atoms with van der Waals surface area (Å²) in [5.74, 6) is -1.39. The van der Waals surface area contributed by atoms with Crippen molar-refractivity contribution in [2.75, 3.05) is 39.4 Å². The maximum Gasteiger partial charge on any atom is 0.295 e. The average molecular weight is 409 g/mol. The van der Waals surface area contributed by atoms with E-state index in [1.54, 1.807) is 36.4 Å². The van der Waals surface area contributed by atoms with E-state index in [9.17, 15) is 19.8 Å². The molecule has 1 atom stereocenters. The Labute approximate surface area is 174 Å². The van der Waals surface area contributed by atoms with Gasteiger partial charge in [-0.2, -0.15) is 0 Å². The third kappa shape index (κ3) is 3.94. The van der Waals surface area contributed by atoms with Gasteiger partial charge in [-0.25, -0.2) is 0 Å². The summed E-state index contributed by atoms with van der Waals surface area (Å²) in [6, 6.07) is 14.5. The zero-order valence-corrected chi connectivity index (χ0v) is 16.6. The van der Waals surface area contributed by atoms with Gasteiger partial charge in [-0.15, -0.1) is 0 Å². The molecule has 0 aliphatic carbocycles. The summed E-state index contributed by atoms with van der Waals surface area (Å²) in [7, 11) is 0. The van der Waals surface area contributed by atoms with Crippen LogP contribution < -0.4 is 4.90 Å². The Bertz CT molecular complexity index is 949. The summed E-state index contributed by atoms with van der Waals surface area (Å²) in [4.78, 5) is 28.7. The van der Waals surface area contributed by atoms with Crippen LogP contribution in [0.2, 0.25) is 0 Å². The number of amides is 1. The molecule has 2 aromatic carbocycles. The molecule has 2 saturated heterocycles. The van der Waals surface area contributed by atoms with E-state index in [0.29, 0.717) is 37.4 Å². The second-order valence-corrected chi connectivity index (χ2v) is 7.56. The van der Waals surface area contributed by atoms with Crippen LogP contribution in [0.15, 0.2) is 60.2 Å². The number of Topliss-reactive ketones (excluding diaryl/α,β-unsaturated/α-hetero) is 1. The van der Waals surface area contributed by atoms with Gasteiger partial charge in [0.2, 0.25) is 0 Å². The first-order valence-electron chi connectivity index (χ1n) is 10.1. The Hall–Kier alpha value is -3.16. The number of aliphatic hydroxyl groups excluding tert-OH is 1. The van der Waals surface area contributed by atoms with Crippen molar-refractivity contribution in [3.05, 3.63) is 71.3 Å². The largest absolute Gasteiger partial charge is 0.508 e. The number of hydrogen-bond donors (Lipinski definition) is 3. The molecule has 7 nitrogen and oxygen atoms in total. The van der Waals surface area contributed by atoms with Crippen LogP contribution in [-0.4, -0.2) is 66.2 Å². The fourth-order valence-electron chi connectivity index (χ4n) is 4.05. The highest BCUT2D eigenvalue weighted by Gasteiger charge is 2.46. The minimum Gasteiger partial charge on any atom is -0.508 e. The van der Waals surface area contributed by atoms with Crippen molar-refractivity contribution in [2.24, 2.45) is 0 Å². The summed E-state index contributed by atoms with van der Waals surface area (Å²) >= 11 is 0. The minimum atomic E-state index is -0.703. The number of ether oxygens (including phenoxy) is 1. The molecular formula is C23H25N2O5+. The summed E-state index contributed by atoms with van der Waals surface area (Å²) in [6.45, 7) is 4.16. The van der Waals surface area contributed by atoms with Gasteiger partial charge in [0.05, 0.1) is 37.9 Å². The molecule has 7 heteroatoms. The summed E-state index contributed by atoms with van der Waals surface area (Å²) in [5.41, 5.74) is 1.23. The Kier molecular flexibility index (Phi) is 5.83. The molecule has 30 heavy (non-hydrogen) atoms. The highest BCUT2D eigenvalue weighted by atomic mass is 16.5. The fourth-order valence-corrected chi connectivity index (χ4v) is 4.05. The molecule has 2 aliphatic heterocycles. The molecule has 3 N–H and O–H groups in total. The van der Waals surface area contributed by atoms with Gasteiger partial charge < -0.3 is 24.7 Å². The van der Waals surface area contributed by atoms with Crippen LogP contribution in [0.1, 0.15) is 17.2 Å². The first-order valence-corrected chi connectivity index (χ1v) is 10.1. The van der Waals surface area contributed by atoms with E-state index in [2.05, 4.69) is 0 Å². The molecule has 0 saturated carbocycles. The number of hydrogen-bond acceptors (Lipinski definition) is 5. The lowest BCUT2D eigenvalue weighted by Gasteiger charge is -2.29. The highest BCUT2D eigenvalue weighted by molar-refractivity contribution is 6.46. The molecular weight excluding hydrogens is 384 g/mol. The summed E-state index contributed by atoms with van der Waals surface area (Å²) in [5, 5.41) is 20.6. The normalized spacial score (nSPS) is 21.9. The van der Waals surface area contributed by atoms with Crippen molar-refractivity contribution < 1.29 is 29.4 Å². The summed E-state index contributed by atoms with van der Waals surface area (Å²) < 4.78 is 5.39. The summed E-state index contributed by atoms with van der Waals surface area (Å²) in [6.07, 6.45) is 0. The van der Waals surface area contributed by atoms with Gasteiger partial charge in [0.15, 0.2) is 0 Å². The van der Waals surface area contributed by atoms with Crippen LogP contribution in [0, 0.1) is 0 Å². The Morgan fingerprint density at radius 1 is 1.03 bits per heavy atom. The molecule has 0 unspecified atom stereocenters. The first kappa shape index (κ1) is 20.1. The number of aromatic hydroxyl groups is 1. The van der Waals surface area contributed by atoms with Crippen LogP contribution >= 0.6 is 0 Å². The molecule has 0 bridgehead atoms. The number of likely N-dealkylation sites (tertiary alicyclic amines) is 1. The number of carbonyl (C=O) groups excluding carboxylic acids is 2. The number of quaternary nitrogens is 1. The molecule has 2 heterocycles. The van der Waals surface area contributed by atoms with Crippen molar-refractivity contribution in [2.45, 2.75) is 6.04 Å². The fraction of sp³-hybridized carbons (Fsp3) is 0.304. The van der Waals surface area contributed by atoms with Gasteiger partial charge in [-0.3, -0.25) is 9.59 Å². The predicted molar refractivity (Wildman–Crippen MR) is 110 cm³/mol. The average Bonchev–Trinajstić information content (AvgIpc) is 3.04. The van der Waals surface area contributed by atoms with Gasteiger partial charge in [-0.1, -0.05) is 42.5 Å². The van der Waals surface area contributed by atoms with Crippen molar-refractivity contribution in [3.63, 3.8) is 0 Å². The molecule has 2 aliphatic rings. The number of nitrogens with one attached hydrogen (secondary N) is 1. The van der Waals surface area contributed by atoms with Crippen LogP contribution in [0.25, 0.3) is 5.76 Å². The smallest absolute Gasteiger partial charge is 0.295 e. The number of morpholine rings is 1. The Morgan fingerprint density at radius 2 is 1.70 bits per heavy atom. The maximum absolute atomic E-state index is 12.9. The molecule has 156 valence electrons. The van der Waals surface area contributed by atoms with E-state index in [1.807, 2.05) is 6.07 Å². The molecule has 2 aromatic rings. The van der Waals surface area contributed by atoms with E-state index in [0.717, 1.165) is 13.1 Å². The maximum atomic E-state index is 12.9. The van der Waals surface area contributed by atoms with E-state index in [-0.39, 0.29) is 17.1 Å². The number of phenols is 1. The van der Waals surface area contributed by atoms with E-state index in [4.69, 9.17) is 4.74 Å². The molecule has 0 radical (unpaired) electrons. The van der Waals surface area contributed by atoms with Crippen LogP contribution in [0.3, 0.4) is 0 Å². The zero-order chi connectivity index (χ0) is 21.1. The first-order chi connectivity index (χ1) is 14.6. The van der Waals surface area contributed by atoms with Gasteiger partial charge in [0.25, 0.3) is 11.7 Å². The molecule has 0 spiro atoms. The van der Waals surface area contributed by atoms with Crippen molar-refractivity contribution >= 4 is 17.4 Å². The van der Waals surface area contributed by atoms with Gasteiger partial charge in [0.1, 0.15) is 24.6 Å². The molecule has 0 aromatic heterocycles. The van der Waals surface area contributed by atoms with Crippen LogP contribution in [0.5, 0.6) is 5.75 Å². The number of nitrogens with zero attached hydrogens (tertiary/aromatic N) is 1. The van der Waals surface area contributed by atoms with Crippen LogP contribution in [0.4, 0.5) is 0 Å². The van der Waals surface area contributed by atoms with Crippen LogP contribution in [-0.2, 0) is 14.3 Å². The second-order valence-electron chi connectivity index (χ2n) is 7.56. The SMILES string of the molecule is O=C1C(=O)N(CC[NH+]2CCOCC2)[C@H](c2ccc(O)cc2)C1=C(O)c1ccccc1. The number of aliphatic hydroxyl groups is 1. The van der Waals surface area contributed by atoms with E-state index < -0.39 is 17.7 Å². The van der Waals surface area contributed by atoms with E-state index in [1.165, 1.54) is 21.9 Å². The topological polar surface area (TPSA) is 91.5 Å².